The molecule has 1 aliphatic heterocycles. The maximum atomic E-state index is 13.4. The van der Waals surface area contributed by atoms with Crippen LogP contribution in [-0.2, 0) is 16.9 Å². The van der Waals surface area contributed by atoms with Gasteiger partial charge in [-0.05, 0) is 47.9 Å². The highest BCUT2D eigenvalue weighted by Gasteiger charge is 2.58. The van der Waals surface area contributed by atoms with Crippen molar-refractivity contribution in [1.82, 2.24) is 10.2 Å². The summed E-state index contributed by atoms with van der Waals surface area (Å²) in [4.78, 5) is 15.8. The van der Waals surface area contributed by atoms with Gasteiger partial charge in [0.15, 0.2) is 5.60 Å². The Balaban J connectivity index is 1.21. The summed E-state index contributed by atoms with van der Waals surface area (Å²) in [5.41, 5.74) is 1.17. The van der Waals surface area contributed by atoms with Crippen molar-refractivity contribution >= 4 is 5.91 Å². The summed E-state index contributed by atoms with van der Waals surface area (Å²) < 4.78 is 0. The Hall–Kier alpha value is -2.68. The molecule has 160 valence electrons. The molecule has 2 aromatic rings. The average molecular weight is 416 g/mol. The summed E-state index contributed by atoms with van der Waals surface area (Å²) in [5.74, 6) is 0.696. The molecule has 2 unspecified atom stereocenters. The molecule has 5 rings (SSSR count). The number of hydrogen-bond donors (Lipinski definition) is 2. The molecule has 2 aliphatic carbocycles. The number of fused-ring (bicyclic) bond motifs is 1. The monoisotopic (exact) mass is 415 g/mol. The lowest BCUT2D eigenvalue weighted by Crippen LogP contribution is -2.50. The lowest BCUT2D eigenvalue weighted by Gasteiger charge is -2.33. The van der Waals surface area contributed by atoms with Crippen molar-refractivity contribution in [2.24, 2.45) is 17.8 Å². The molecular weight excluding hydrogens is 386 g/mol. The third-order valence-corrected chi connectivity index (χ3v) is 7.56. The Morgan fingerprint density at radius 1 is 1.06 bits per heavy atom. The zero-order valence-electron chi connectivity index (χ0n) is 17.7. The molecule has 4 atom stereocenters. The molecule has 0 radical (unpaired) electrons. The molecule has 3 aliphatic rings. The van der Waals surface area contributed by atoms with Gasteiger partial charge in [-0.2, -0.15) is 5.26 Å². The molecule has 31 heavy (non-hydrogen) atoms. The van der Waals surface area contributed by atoms with Gasteiger partial charge < -0.3 is 10.4 Å². The molecule has 2 N–H and O–H groups in total. The van der Waals surface area contributed by atoms with Crippen LogP contribution in [0.4, 0.5) is 0 Å². The van der Waals surface area contributed by atoms with Gasteiger partial charge in [-0.1, -0.05) is 55.3 Å². The molecule has 0 bridgehead atoms. The van der Waals surface area contributed by atoms with Gasteiger partial charge in [0.25, 0.3) is 5.91 Å². The maximum absolute atomic E-state index is 13.4. The Morgan fingerprint density at radius 2 is 1.71 bits per heavy atom. The van der Waals surface area contributed by atoms with E-state index >= 15 is 0 Å². The van der Waals surface area contributed by atoms with Gasteiger partial charge in [0.1, 0.15) is 0 Å². The fraction of sp³-hybridized carbons (Fsp3) is 0.462. The first-order chi connectivity index (χ1) is 15.1. The first-order valence-corrected chi connectivity index (χ1v) is 11.4. The second kappa shape index (κ2) is 8.11. The topological polar surface area (TPSA) is 76.4 Å². The summed E-state index contributed by atoms with van der Waals surface area (Å²) in [5, 5.41) is 23.8. The van der Waals surface area contributed by atoms with Crippen molar-refractivity contribution in [3.8, 4) is 6.07 Å². The van der Waals surface area contributed by atoms with Crippen LogP contribution in [0.15, 0.2) is 54.6 Å². The molecule has 5 heteroatoms. The van der Waals surface area contributed by atoms with Gasteiger partial charge in [-0.15, -0.1) is 0 Å². The Kier molecular flexibility index (Phi) is 5.29. The Morgan fingerprint density at radius 3 is 2.32 bits per heavy atom. The van der Waals surface area contributed by atoms with E-state index in [2.05, 4.69) is 16.3 Å². The van der Waals surface area contributed by atoms with Crippen LogP contribution in [0.1, 0.15) is 42.4 Å². The summed E-state index contributed by atoms with van der Waals surface area (Å²) in [6, 6.07) is 19.6. The second-order valence-electron chi connectivity index (χ2n) is 9.44. The van der Waals surface area contributed by atoms with E-state index in [1.54, 1.807) is 0 Å². The zero-order valence-corrected chi connectivity index (χ0v) is 17.7. The number of benzene rings is 2. The number of carbonyl (C=O) groups excluding carboxylic acids is 1. The van der Waals surface area contributed by atoms with Gasteiger partial charge in [-0.25, -0.2) is 0 Å². The van der Waals surface area contributed by atoms with E-state index in [1.165, 1.54) is 5.56 Å². The van der Waals surface area contributed by atoms with E-state index in [-0.39, 0.29) is 17.9 Å². The van der Waals surface area contributed by atoms with Crippen LogP contribution in [0.2, 0.25) is 0 Å². The van der Waals surface area contributed by atoms with E-state index < -0.39 is 5.60 Å². The smallest absolute Gasteiger partial charge is 0.257 e. The quantitative estimate of drug-likeness (QED) is 0.760. The SMILES string of the molecule is N#Cc1ccc(CN2C[C@@H]3C(NC(=O)C(O)(c4ccccc4)C4CCCC4)[C@@H]3C2)cc1. The molecule has 1 heterocycles. The minimum Gasteiger partial charge on any atom is -0.375 e. The van der Waals surface area contributed by atoms with Crippen LogP contribution in [0.25, 0.3) is 0 Å². The normalized spacial score (nSPS) is 27.3. The number of likely N-dealkylation sites (tertiary alicyclic amines) is 1. The number of carbonyl (C=O) groups is 1. The molecule has 3 fully saturated rings. The van der Waals surface area contributed by atoms with Crippen LogP contribution < -0.4 is 5.32 Å². The minimum atomic E-state index is -1.43. The predicted molar refractivity (Wildman–Crippen MR) is 118 cm³/mol. The summed E-state index contributed by atoms with van der Waals surface area (Å²) in [6.45, 7) is 2.79. The van der Waals surface area contributed by atoms with Crippen molar-refractivity contribution in [2.75, 3.05) is 13.1 Å². The lowest BCUT2D eigenvalue weighted by molar-refractivity contribution is -0.147. The maximum Gasteiger partial charge on any atom is 0.257 e. The number of hydrogen-bond acceptors (Lipinski definition) is 4. The van der Waals surface area contributed by atoms with Gasteiger partial charge in [0.05, 0.1) is 11.6 Å². The predicted octanol–water partition coefficient (Wildman–Crippen LogP) is 3.18. The molecule has 1 saturated heterocycles. The van der Waals surface area contributed by atoms with Gasteiger partial charge in [0, 0.05) is 31.6 Å². The van der Waals surface area contributed by atoms with E-state index in [9.17, 15) is 9.90 Å². The molecule has 0 spiro atoms. The zero-order chi connectivity index (χ0) is 21.4. The van der Waals surface area contributed by atoms with Crippen molar-refractivity contribution in [3.05, 3.63) is 71.3 Å². The van der Waals surface area contributed by atoms with Gasteiger partial charge >= 0.3 is 0 Å². The number of piperidine rings is 1. The van der Waals surface area contributed by atoms with E-state index in [1.807, 2.05) is 54.6 Å². The highest BCUT2D eigenvalue weighted by molar-refractivity contribution is 5.87. The third-order valence-electron chi connectivity index (χ3n) is 7.56. The van der Waals surface area contributed by atoms with Crippen molar-refractivity contribution in [1.29, 1.82) is 5.26 Å². The number of nitrogens with one attached hydrogen (secondary N) is 1. The fourth-order valence-corrected chi connectivity index (χ4v) is 5.75. The van der Waals surface area contributed by atoms with Gasteiger partial charge in [-0.3, -0.25) is 9.69 Å². The molecule has 1 amide bonds. The van der Waals surface area contributed by atoms with Crippen LogP contribution >= 0.6 is 0 Å². The molecular formula is C26H29N3O2. The molecule has 0 aromatic heterocycles. The number of nitrogens with zero attached hydrogens (tertiary/aromatic N) is 2. The second-order valence-corrected chi connectivity index (χ2v) is 9.44. The largest absolute Gasteiger partial charge is 0.375 e. The minimum absolute atomic E-state index is 0.0126. The number of nitriles is 1. The Bertz CT molecular complexity index is 966. The number of rotatable bonds is 6. The van der Waals surface area contributed by atoms with Crippen LogP contribution in [0, 0.1) is 29.1 Å². The summed E-state index contributed by atoms with van der Waals surface area (Å²) in [7, 11) is 0. The van der Waals surface area contributed by atoms with Gasteiger partial charge in [0.2, 0.25) is 0 Å². The standard InChI is InChI=1S/C26H29N3O2/c27-14-18-10-12-19(13-11-18)15-29-16-22-23(17-29)24(22)28-25(30)26(31,21-8-4-5-9-21)20-6-2-1-3-7-20/h1-3,6-7,10-13,21-24,31H,4-5,8-9,15-17H2,(H,28,30)/t22-,23+,24?,26?. The third kappa shape index (κ3) is 3.75. The number of aliphatic hydroxyl groups is 1. The molecule has 5 nitrogen and oxygen atoms in total. The lowest BCUT2D eigenvalue weighted by atomic mass is 9.79. The van der Waals surface area contributed by atoms with Crippen molar-refractivity contribution < 1.29 is 9.90 Å². The summed E-state index contributed by atoms with van der Waals surface area (Å²) in [6.07, 6.45) is 3.95. The first kappa shape index (κ1) is 20.2. The van der Waals surface area contributed by atoms with Crippen LogP contribution in [0.5, 0.6) is 0 Å². The van der Waals surface area contributed by atoms with Crippen molar-refractivity contribution in [2.45, 2.75) is 43.9 Å². The molecule has 2 aromatic carbocycles. The highest BCUT2D eigenvalue weighted by atomic mass is 16.3. The average Bonchev–Trinajstić information content (AvgIpc) is 3.21. The highest BCUT2D eigenvalue weighted by Crippen LogP contribution is 2.47. The van der Waals surface area contributed by atoms with Crippen LogP contribution in [0.3, 0.4) is 0 Å². The van der Waals surface area contributed by atoms with Crippen LogP contribution in [-0.4, -0.2) is 35.0 Å². The van der Waals surface area contributed by atoms with E-state index in [4.69, 9.17) is 5.26 Å². The van der Waals surface area contributed by atoms with E-state index in [0.717, 1.165) is 45.3 Å². The first-order valence-electron chi connectivity index (χ1n) is 11.4. The fourth-order valence-electron chi connectivity index (χ4n) is 5.75. The summed E-state index contributed by atoms with van der Waals surface area (Å²) >= 11 is 0. The Labute approximate surface area is 183 Å². The van der Waals surface area contributed by atoms with Crippen molar-refractivity contribution in [3.63, 3.8) is 0 Å². The van der Waals surface area contributed by atoms with E-state index in [0.29, 0.717) is 23.0 Å². The number of amides is 1. The molecule has 2 saturated carbocycles.